The summed E-state index contributed by atoms with van der Waals surface area (Å²) in [5.41, 5.74) is 3.14. The van der Waals surface area contributed by atoms with Gasteiger partial charge >= 0.3 is 0 Å². The molecule has 0 unspecified atom stereocenters. The van der Waals surface area contributed by atoms with Gasteiger partial charge in [0.25, 0.3) is 5.91 Å². The molecule has 3 aromatic rings. The van der Waals surface area contributed by atoms with Crippen LogP contribution in [0.2, 0.25) is 0 Å². The highest BCUT2D eigenvalue weighted by atomic mass is 32.1. The van der Waals surface area contributed by atoms with Gasteiger partial charge in [-0.1, -0.05) is 36.4 Å². The number of carbonyl (C=O) groups excluding carboxylic acids is 1. The number of rotatable bonds is 4. The number of carbonyl (C=O) groups is 1. The van der Waals surface area contributed by atoms with Crippen LogP contribution in [0.5, 0.6) is 5.75 Å². The van der Waals surface area contributed by atoms with Crippen LogP contribution >= 0.6 is 11.3 Å². The molecule has 4 rings (SSSR count). The van der Waals surface area contributed by atoms with Gasteiger partial charge in [-0.05, 0) is 48.9 Å². The number of ether oxygens (including phenoxy) is 1. The Hall–Kier alpha value is -2.66. The van der Waals surface area contributed by atoms with E-state index in [2.05, 4.69) is 30.3 Å². The molecule has 1 aliphatic carbocycles. The zero-order valence-electron chi connectivity index (χ0n) is 15.5. The average Bonchev–Trinajstić information content (AvgIpc) is 3.16. The van der Waals surface area contributed by atoms with Crippen molar-refractivity contribution in [1.29, 1.82) is 0 Å². The lowest BCUT2D eigenvalue weighted by atomic mass is 9.85. The fourth-order valence-corrected chi connectivity index (χ4v) is 4.70. The van der Waals surface area contributed by atoms with Crippen LogP contribution in [-0.2, 0) is 12.8 Å². The molecule has 27 heavy (non-hydrogen) atoms. The number of aromatic nitrogens is 1. The van der Waals surface area contributed by atoms with Crippen molar-refractivity contribution in [2.45, 2.75) is 25.2 Å². The normalized spacial score (nSPS) is 15.9. The number of hydrogen-bond donors (Lipinski definition) is 0. The van der Waals surface area contributed by atoms with Crippen molar-refractivity contribution in [1.82, 2.24) is 4.98 Å². The summed E-state index contributed by atoms with van der Waals surface area (Å²) in [5.74, 6) is 1.14. The first-order chi connectivity index (χ1) is 13.2. The van der Waals surface area contributed by atoms with Crippen LogP contribution < -0.4 is 9.64 Å². The zero-order chi connectivity index (χ0) is 18.8. The number of thiazole rings is 1. The Kier molecular flexibility index (Phi) is 4.94. The smallest absolute Gasteiger partial charge is 0.259 e. The first kappa shape index (κ1) is 17.7. The van der Waals surface area contributed by atoms with Gasteiger partial charge in [0.05, 0.1) is 12.8 Å². The van der Waals surface area contributed by atoms with Crippen molar-refractivity contribution < 1.29 is 9.53 Å². The van der Waals surface area contributed by atoms with Gasteiger partial charge in [0.2, 0.25) is 0 Å². The molecule has 1 heterocycles. The molecule has 4 nitrogen and oxygen atoms in total. The van der Waals surface area contributed by atoms with E-state index in [1.165, 1.54) is 10.4 Å². The minimum absolute atomic E-state index is 0.0698. The van der Waals surface area contributed by atoms with Crippen molar-refractivity contribution in [3.8, 4) is 5.75 Å². The Morgan fingerprint density at radius 1 is 1.19 bits per heavy atom. The molecule has 0 radical (unpaired) electrons. The Bertz CT molecular complexity index is 952. The number of methoxy groups -OCH3 is 1. The minimum atomic E-state index is -0.0698. The third kappa shape index (κ3) is 3.60. The van der Waals surface area contributed by atoms with E-state index in [0.717, 1.165) is 30.1 Å². The van der Waals surface area contributed by atoms with E-state index in [1.54, 1.807) is 42.5 Å². The van der Waals surface area contributed by atoms with Gasteiger partial charge in [-0.15, -0.1) is 11.3 Å². The first-order valence-electron chi connectivity index (χ1n) is 9.11. The summed E-state index contributed by atoms with van der Waals surface area (Å²) in [6.07, 6.45) is 3.07. The highest BCUT2D eigenvalue weighted by Gasteiger charge is 2.26. The lowest BCUT2D eigenvalue weighted by Crippen LogP contribution is -2.26. The number of aryl methyl sites for hydroxylation is 1. The van der Waals surface area contributed by atoms with Crippen molar-refractivity contribution >= 4 is 22.4 Å². The van der Waals surface area contributed by atoms with E-state index in [4.69, 9.17) is 9.72 Å². The number of fused-ring (bicyclic) bond motifs is 1. The SMILES string of the molecule is COc1cccc(C(=O)N(C)c2nc3c(s2)C[C@H](c2ccccc2)CC3)c1. The molecule has 5 heteroatoms. The van der Waals surface area contributed by atoms with E-state index in [0.29, 0.717) is 17.2 Å². The van der Waals surface area contributed by atoms with Crippen LogP contribution in [0, 0.1) is 0 Å². The molecule has 1 amide bonds. The predicted molar refractivity (Wildman–Crippen MR) is 109 cm³/mol. The quantitative estimate of drug-likeness (QED) is 0.661. The molecule has 138 valence electrons. The number of amides is 1. The maximum atomic E-state index is 12.8. The van der Waals surface area contributed by atoms with Gasteiger partial charge in [-0.2, -0.15) is 0 Å². The third-order valence-corrected chi connectivity index (χ3v) is 6.30. The van der Waals surface area contributed by atoms with Crippen LogP contribution in [0.1, 0.15) is 38.8 Å². The van der Waals surface area contributed by atoms with Crippen LogP contribution in [0.4, 0.5) is 5.13 Å². The molecular weight excluding hydrogens is 356 g/mol. The number of hydrogen-bond acceptors (Lipinski definition) is 4. The lowest BCUT2D eigenvalue weighted by molar-refractivity contribution is 0.0992. The molecule has 2 aromatic carbocycles. The van der Waals surface area contributed by atoms with Crippen molar-refractivity contribution in [2.24, 2.45) is 0 Å². The molecule has 0 spiro atoms. The Morgan fingerprint density at radius 2 is 2.00 bits per heavy atom. The molecule has 0 saturated carbocycles. The summed E-state index contributed by atoms with van der Waals surface area (Å²) in [6.45, 7) is 0. The van der Waals surface area contributed by atoms with E-state index in [1.807, 2.05) is 12.1 Å². The van der Waals surface area contributed by atoms with Crippen LogP contribution in [-0.4, -0.2) is 25.0 Å². The summed E-state index contributed by atoms with van der Waals surface area (Å²) < 4.78 is 5.23. The largest absolute Gasteiger partial charge is 0.497 e. The maximum Gasteiger partial charge on any atom is 0.259 e. The van der Waals surface area contributed by atoms with E-state index >= 15 is 0 Å². The summed E-state index contributed by atoms with van der Waals surface area (Å²) >= 11 is 1.64. The van der Waals surface area contributed by atoms with Gasteiger partial charge in [-0.3, -0.25) is 9.69 Å². The van der Waals surface area contributed by atoms with Crippen molar-refractivity contribution in [3.63, 3.8) is 0 Å². The van der Waals surface area contributed by atoms with E-state index < -0.39 is 0 Å². The molecule has 1 atom stereocenters. The molecule has 0 saturated heterocycles. The second-order valence-electron chi connectivity index (χ2n) is 6.81. The average molecular weight is 378 g/mol. The van der Waals surface area contributed by atoms with Gasteiger partial charge < -0.3 is 4.74 Å². The van der Waals surface area contributed by atoms with E-state index in [9.17, 15) is 4.79 Å². The maximum absolute atomic E-state index is 12.8. The third-order valence-electron chi connectivity index (χ3n) is 5.11. The van der Waals surface area contributed by atoms with Gasteiger partial charge in [0.1, 0.15) is 5.75 Å². The summed E-state index contributed by atoms with van der Waals surface area (Å²) in [6, 6.07) is 17.9. The van der Waals surface area contributed by atoms with Gasteiger partial charge in [-0.25, -0.2) is 4.98 Å². The van der Waals surface area contributed by atoms with Crippen LogP contribution in [0.15, 0.2) is 54.6 Å². The lowest BCUT2D eigenvalue weighted by Gasteiger charge is -2.21. The molecular formula is C22H22N2O2S. The Labute approximate surface area is 163 Å². The van der Waals surface area contributed by atoms with Crippen LogP contribution in [0.3, 0.4) is 0 Å². The Morgan fingerprint density at radius 3 is 2.78 bits per heavy atom. The zero-order valence-corrected chi connectivity index (χ0v) is 16.3. The molecule has 1 aromatic heterocycles. The number of anilines is 1. The summed E-state index contributed by atoms with van der Waals surface area (Å²) in [4.78, 5) is 20.6. The number of benzene rings is 2. The van der Waals surface area contributed by atoms with Crippen molar-refractivity contribution in [2.75, 3.05) is 19.1 Å². The summed E-state index contributed by atoms with van der Waals surface area (Å²) in [7, 11) is 3.39. The second kappa shape index (κ2) is 7.53. The van der Waals surface area contributed by atoms with Crippen LogP contribution in [0.25, 0.3) is 0 Å². The minimum Gasteiger partial charge on any atom is -0.497 e. The van der Waals surface area contributed by atoms with Gasteiger partial charge in [0.15, 0.2) is 5.13 Å². The molecule has 0 aliphatic heterocycles. The van der Waals surface area contributed by atoms with Crippen molar-refractivity contribution in [3.05, 3.63) is 76.3 Å². The summed E-state index contributed by atoms with van der Waals surface area (Å²) in [5, 5.41) is 0.765. The van der Waals surface area contributed by atoms with E-state index in [-0.39, 0.29) is 5.91 Å². The molecule has 0 fully saturated rings. The highest BCUT2D eigenvalue weighted by Crippen LogP contribution is 2.38. The molecule has 0 bridgehead atoms. The topological polar surface area (TPSA) is 42.4 Å². The standard InChI is InChI=1S/C22H22N2O2S/c1-24(21(25)17-9-6-10-18(13-17)26-2)22-23-19-12-11-16(14-20(19)27-22)15-7-4-3-5-8-15/h3-10,13,16H,11-12,14H2,1-2H3/t16-/m1/s1. The monoisotopic (exact) mass is 378 g/mol. The molecule has 0 N–H and O–H groups in total. The number of nitrogens with zero attached hydrogens (tertiary/aromatic N) is 2. The highest BCUT2D eigenvalue weighted by molar-refractivity contribution is 7.16. The fourth-order valence-electron chi connectivity index (χ4n) is 3.55. The second-order valence-corrected chi connectivity index (χ2v) is 7.87. The molecule has 1 aliphatic rings. The first-order valence-corrected chi connectivity index (χ1v) is 9.93. The Balaban J connectivity index is 1.54. The van der Waals surface area contributed by atoms with Gasteiger partial charge in [0, 0.05) is 17.5 Å². The predicted octanol–water partition coefficient (Wildman–Crippen LogP) is 4.70. The fraction of sp³-hybridized carbons (Fsp3) is 0.273.